The third kappa shape index (κ3) is 2.63. The van der Waals surface area contributed by atoms with Crippen LogP contribution in [0.3, 0.4) is 0 Å². The standard InChI is InChI=1S/C19H21N5/c1-21-18-15(6-7-22-19(18)20)17-11-14-10-13(4-5-16(14)23-17)12-24-8-2-3-9-24/h2-7,10-11,21,23H,8-9,12H2,1H3,(H2,20,22). The van der Waals surface area contributed by atoms with Crippen molar-refractivity contribution >= 4 is 22.4 Å². The Balaban J connectivity index is 1.69. The van der Waals surface area contributed by atoms with Crippen molar-refractivity contribution in [2.24, 2.45) is 0 Å². The average molecular weight is 319 g/mol. The molecule has 4 N–H and O–H groups in total. The first-order valence-electron chi connectivity index (χ1n) is 8.16. The maximum absolute atomic E-state index is 5.98. The van der Waals surface area contributed by atoms with Crippen LogP contribution in [-0.2, 0) is 6.54 Å². The van der Waals surface area contributed by atoms with E-state index in [0.717, 1.165) is 42.1 Å². The fourth-order valence-corrected chi connectivity index (χ4v) is 3.30. The number of aromatic nitrogens is 2. The smallest absolute Gasteiger partial charge is 0.147 e. The van der Waals surface area contributed by atoms with Crippen LogP contribution in [0.5, 0.6) is 0 Å². The molecule has 0 atom stereocenters. The number of hydrogen-bond acceptors (Lipinski definition) is 4. The molecular formula is C19H21N5. The third-order valence-corrected chi connectivity index (χ3v) is 4.51. The number of anilines is 2. The molecule has 0 amide bonds. The topological polar surface area (TPSA) is 70.0 Å². The molecule has 0 radical (unpaired) electrons. The highest BCUT2D eigenvalue weighted by molar-refractivity contribution is 5.91. The minimum Gasteiger partial charge on any atom is -0.385 e. The zero-order valence-corrected chi connectivity index (χ0v) is 13.7. The van der Waals surface area contributed by atoms with E-state index in [9.17, 15) is 0 Å². The molecule has 0 bridgehead atoms. The quantitative estimate of drug-likeness (QED) is 0.646. The van der Waals surface area contributed by atoms with Gasteiger partial charge in [-0.3, -0.25) is 4.90 Å². The van der Waals surface area contributed by atoms with Gasteiger partial charge in [-0.05, 0) is 29.8 Å². The van der Waals surface area contributed by atoms with Crippen molar-refractivity contribution in [2.45, 2.75) is 6.54 Å². The summed E-state index contributed by atoms with van der Waals surface area (Å²) in [7, 11) is 1.86. The molecule has 0 unspecified atom stereocenters. The highest BCUT2D eigenvalue weighted by atomic mass is 15.1. The normalized spacial score (nSPS) is 14.5. The molecule has 122 valence electrons. The Hall–Kier alpha value is -2.79. The monoisotopic (exact) mass is 319 g/mol. The van der Waals surface area contributed by atoms with E-state index in [1.54, 1.807) is 6.20 Å². The number of nitrogens with one attached hydrogen (secondary N) is 2. The number of nitrogens with zero attached hydrogens (tertiary/aromatic N) is 2. The van der Waals surface area contributed by atoms with E-state index in [2.05, 4.69) is 56.6 Å². The summed E-state index contributed by atoms with van der Waals surface area (Å²) in [5.41, 5.74) is 11.4. The molecule has 0 spiro atoms. The SMILES string of the molecule is CNc1c(-c2cc3cc(CN4CC=CC4)ccc3[nH]2)ccnc1N. The molecule has 5 nitrogen and oxygen atoms in total. The zero-order valence-electron chi connectivity index (χ0n) is 13.7. The molecule has 1 aromatic carbocycles. The van der Waals surface area contributed by atoms with Crippen molar-refractivity contribution in [3.05, 3.63) is 54.2 Å². The number of H-pyrrole nitrogens is 1. The number of hydrogen-bond donors (Lipinski definition) is 3. The van der Waals surface area contributed by atoms with Gasteiger partial charge in [0.2, 0.25) is 0 Å². The first-order valence-corrected chi connectivity index (χ1v) is 8.16. The number of nitrogens with two attached hydrogens (primary N) is 1. The lowest BCUT2D eigenvalue weighted by atomic mass is 10.1. The van der Waals surface area contributed by atoms with E-state index in [1.807, 2.05) is 13.1 Å². The van der Waals surface area contributed by atoms with Crippen molar-refractivity contribution < 1.29 is 0 Å². The van der Waals surface area contributed by atoms with Crippen molar-refractivity contribution in [1.82, 2.24) is 14.9 Å². The van der Waals surface area contributed by atoms with Crippen LogP contribution in [0.1, 0.15) is 5.56 Å². The van der Waals surface area contributed by atoms with Crippen LogP contribution in [-0.4, -0.2) is 35.0 Å². The Morgan fingerprint density at radius 1 is 1.21 bits per heavy atom. The van der Waals surface area contributed by atoms with E-state index in [1.165, 1.54) is 10.9 Å². The van der Waals surface area contributed by atoms with E-state index in [4.69, 9.17) is 5.73 Å². The largest absolute Gasteiger partial charge is 0.385 e. The van der Waals surface area contributed by atoms with Gasteiger partial charge in [0.1, 0.15) is 5.82 Å². The van der Waals surface area contributed by atoms with Gasteiger partial charge in [0.05, 0.1) is 5.69 Å². The van der Waals surface area contributed by atoms with Gasteiger partial charge in [0, 0.05) is 55.0 Å². The molecule has 1 aliphatic rings. The van der Waals surface area contributed by atoms with Crippen LogP contribution in [0, 0.1) is 0 Å². The predicted octanol–water partition coefficient (Wildman–Crippen LogP) is 3.23. The van der Waals surface area contributed by atoms with Crippen LogP contribution in [0.15, 0.2) is 48.7 Å². The van der Waals surface area contributed by atoms with Gasteiger partial charge in [-0.15, -0.1) is 0 Å². The summed E-state index contributed by atoms with van der Waals surface area (Å²) in [6.45, 7) is 3.06. The molecule has 3 heterocycles. The van der Waals surface area contributed by atoms with Crippen LogP contribution in [0.4, 0.5) is 11.5 Å². The summed E-state index contributed by atoms with van der Waals surface area (Å²) < 4.78 is 0. The summed E-state index contributed by atoms with van der Waals surface area (Å²) in [5, 5.41) is 4.36. The number of aromatic amines is 1. The van der Waals surface area contributed by atoms with Gasteiger partial charge in [-0.1, -0.05) is 18.2 Å². The number of benzene rings is 1. The lowest BCUT2D eigenvalue weighted by Gasteiger charge is -2.14. The van der Waals surface area contributed by atoms with Crippen LogP contribution in [0.25, 0.3) is 22.2 Å². The summed E-state index contributed by atoms with van der Waals surface area (Å²) in [4.78, 5) is 10.1. The Morgan fingerprint density at radius 2 is 2.04 bits per heavy atom. The van der Waals surface area contributed by atoms with Gasteiger partial charge < -0.3 is 16.0 Å². The predicted molar refractivity (Wildman–Crippen MR) is 99.9 cm³/mol. The number of fused-ring (bicyclic) bond motifs is 1. The summed E-state index contributed by atoms with van der Waals surface area (Å²) >= 11 is 0. The third-order valence-electron chi connectivity index (χ3n) is 4.51. The summed E-state index contributed by atoms with van der Waals surface area (Å²) in [6, 6.07) is 10.8. The second-order valence-electron chi connectivity index (χ2n) is 6.14. The Bertz CT molecular complexity index is 901. The second kappa shape index (κ2) is 6.02. The maximum Gasteiger partial charge on any atom is 0.147 e. The molecule has 2 aromatic heterocycles. The van der Waals surface area contributed by atoms with Crippen molar-refractivity contribution in [2.75, 3.05) is 31.2 Å². The van der Waals surface area contributed by atoms with Gasteiger partial charge in [0.25, 0.3) is 0 Å². The minimum absolute atomic E-state index is 0.510. The zero-order chi connectivity index (χ0) is 16.5. The molecule has 1 aliphatic heterocycles. The molecule has 4 rings (SSSR count). The summed E-state index contributed by atoms with van der Waals surface area (Å²) in [5.74, 6) is 0.510. The lowest BCUT2D eigenvalue weighted by Crippen LogP contribution is -2.18. The van der Waals surface area contributed by atoms with E-state index in [-0.39, 0.29) is 0 Å². The molecular weight excluding hydrogens is 298 g/mol. The molecule has 3 aromatic rings. The van der Waals surface area contributed by atoms with Gasteiger partial charge >= 0.3 is 0 Å². The van der Waals surface area contributed by atoms with E-state index < -0.39 is 0 Å². The van der Waals surface area contributed by atoms with Gasteiger partial charge in [-0.25, -0.2) is 4.98 Å². The number of rotatable bonds is 4. The first-order chi connectivity index (χ1) is 11.7. The molecule has 5 heteroatoms. The minimum atomic E-state index is 0.510. The fraction of sp³-hybridized carbons (Fsp3) is 0.211. The van der Waals surface area contributed by atoms with Crippen LogP contribution < -0.4 is 11.1 Å². The Morgan fingerprint density at radius 3 is 2.83 bits per heavy atom. The first kappa shape index (κ1) is 14.8. The van der Waals surface area contributed by atoms with Crippen LogP contribution in [0.2, 0.25) is 0 Å². The van der Waals surface area contributed by atoms with Crippen LogP contribution >= 0.6 is 0 Å². The maximum atomic E-state index is 5.98. The number of pyridine rings is 1. The van der Waals surface area contributed by atoms with Crippen molar-refractivity contribution in [3.63, 3.8) is 0 Å². The number of nitrogen functional groups attached to an aromatic ring is 1. The fourth-order valence-electron chi connectivity index (χ4n) is 3.30. The average Bonchev–Trinajstić information content (AvgIpc) is 3.23. The lowest BCUT2D eigenvalue weighted by molar-refractivity contribution is 0.345. The Labute approximate surface area is 141 Å². The van der Waals surface area contributed by atoms with Crippen molar-refractivity contribution in [1.29, 1.82) is 0 Å². The molecule has 0 aliphatic carbocycles. The van der Waals surface area contributed by atoms with Gasteiger partial charge in [-0.2, -0.15) is 0 Å². The van der Waals surface area contributed by atoms with E-state index >= 15 is 0 Å². The van der Waals surface area contributed by atoms with Crippen molar-refractivity contribution in [3.8, 4) is 11.3 Å². The highest BCUT2D eigenvalue weighted by Gasteiger charge is 2.12. The molecule has 0 saturated carbocycles. The van der Waals surface area contributed by atoms with Gasteiger partial charge in [0.15, 0.2) is 0 Å². The second-order valence-corrected chi connectivity index (χ2v) is 6.14. The summed E-state index contributed by atoms with van der Waals surface area (Å²) in [6.07, 6.45) is 6.18. The Kier molecular flexibility index (Phi) is 3.70. The molecule has 0 saturated heterocycles. The van der Waals surface area contributed by atoms with E-state index in [0.29, 0.717) is 5.82 Å². The highest BCUT2D eigenvalue weighted by Crippen LogP contribution is 2.32. The molecule has 0 fully saturated rings. The molecule has 24 heavy (non-hydrogen) atoms.